The fraction of sp³-hybridized carbons (Fsp3) is 0.500. The highest BCUT2D eigenvalue weighted by Gasteiger charge is 2.19. The van der Waals surface area contributed by atoms with E-state index in [1.165, 1.54) is 0 Å². The molecule has 0 spiro atoms. The van der Waals surface area contributed by atoms with Gasteiger partial charge in [0, 0.05) is 16.9 Å². The fourth-order valence-electron chi connectivity index (χ4n) is 1.56. The fourth-order valence-corrected chi connectivity index (χ4v) is 2.50. The summed E-state index contributed by atoms with van der Waals surface area (Å²) in [6.45, 7) is 4.74. The molecule has 5 heteroatoms. The molecular weight excluding hydrogens is 330 g/mol. The van der Waals surface area contributed by atoms with Crippen LogP contribution in [0.3, 0.4) is 0 Å². The maximum atomic E-state index is 12.2. The molecule has 19 heavy (non-hydrogen) atoms. The second kappa shape index (κ2) is 7.15. The molecule has 0 radical (unpaired) electrons. The Labute approximate surface area is 127 Å². The van der Waals surface area contributed by atoms with E-state index in [0.29, 0.717) is 23.7 Å². The van der Waals surface area contributed by atoms with Gasteiger partial charge in [-0.3, -0.25) is 4.79 Å². The maximum absolute atomic E-state index is 12.2. The first-order valence-corrected chi connectivity index (χ1v) is 7.40. The van der Waals surface area contributed by atoms with Crippen molar-refractivity contribution in [1.29, 1.82) is 0 Å². The van der Waals surface area contributed by atoms with Crippen molar-refractivity contribution in [2.75, 3.05) is 19.5 Å². The number of halogens is 2. The van der Waals surface area contributed by atoms with Gasteiger partial charge in [0.05, 0.1) is 12.7 Å². The minimum Gasteiger partial charge on any atom is -0.497 e. The molecule has 0 aliphatic heterocycles. The number of hydrogen-bond acceptors (Lipinski definition) is 2. The van der Waals surface area contributed by atoms with Crippen LogP contribution in [0.25, 0.3) is 0 Å². The Kier molecular flexibility index (Phi) is 6.14. The van der Waals surface area contributed by atoms with Gasteiger partial charge in [0.2, 0.25) is 0 Å². The molecule has 0 unspecified atom stereocenters. The van der Waals surface area contributed by atoms with Gasteiger partial charge in [0.15, 0.2) is 0 Å². The first-order chi connectivity index (χ1) is 8.89. The number of hydrogen-bond donors (Lipinski definition) is 1. The number of carbonyl (C=O) groups excluding carboxylic acids is 1. The average molecular weight is 349 g/mol. The lowest BCUT2D eigenvalue weighted by atomic mass is 9.90. The summed E-state index contributed by atoms with van der Waals surface area (Å²) in [5.74, 6) is 1.13. The van der Waals surface area contributed by atoms with Gasteiger partial charge >= 0.3 is 0 Å². The topological polar surface area (TPSA) is 38.3 Å². The van der Waals surface area contributed by atoms with Crippen LogP contribution in [-0.2, 0) is 0 Å². The lowest BCUT2D eigenvalue weighted by molar-refractivity contribution is 0.0934. The molecule has 3 nitrogen and oxygen atoms in total. The number of alkyl halides is 1. The Morgan fingerprint density at radius 3 is 2.74 bits per heavy atom. The number of ether oxygens (including phenoxy) is 1. The molecule has 0 aliphatic carbocycles. The summed E-state index contributed by atoms with van der Waals surface area (Å²) in [5, 5.41) is 2.93. The van der Waals surface area contributed by atoms with E-state index in [2.05, 4.69) is 35.1 Å². The van der Waals surface area contributed by atoms with Crippen LogP contribution in [0.1, 0.15) is 30.6 Å². The van der Waals surface area contributed by atoms with Crippen LogP contribution in [0.2, 0.25) is 0 Å². The zero-order valence-corrected chi connectivity index (χ0v) is 13.8. The summed E-state index contributed by atoms with van der Waals surface area (Å²) in [6, 6.07) is 5.32. The molecule has 0 aliphatic rings. The van der Waals surface area contributed by atoms with Gasteiger partial charge in [0.25, 0.3) is 5.91 Å². The lowest BCUT2D eigenvalue weighted by Crippen LogP contribution is -2.34. The molecule has 1 rings (SSSR count). The number of nitrogens with one attached hydrogen (secondary N) is 1. The van der Waals surface area contributed by atoms with Crippen molar-refractivity contribution in [3.05, 3.63) is 28.2 Å². The molecule has 0 heterocycles. The molecule has 0 saturated carbocycles. The van der Waals surface area contributed by atoms with Crippen LogP contribution in [0.5, 0.6) is 5.75 Å². The van der Waals surface area contributed by atoms with Crippen molar-refractivity contribution < 1.29 is 9.53 Å². The van der Waals surface area contributed by atoms with Crippen LogP contribution >= 0.6 is 27.5 Å². The monoisotopic (exact) mass is 347 g/mol. The Balaban J connectivity index is 2.73. The first-order valence-electron chi connectivity index (χ1n) is 6.07. The first kappa shape index (κ1) is 16.3. The summed E-state index contributed by atoms with van der Waals surface area (Å²) in [4.78, 5) is 12.2. The van der Waals surface area contributed by atoms with Gasteiger partial charge < -0.3 is 10.1 Å². The molecule has 0 aromatic heterocycles. The summed E-state index contributed by atoms with van der Waals surface area (Å²) in [6.07, 6.45) is 0.855. The van der Waals surface area contributed by atoms with Gasteiger partial charge in [-0.25, -0.2) is 0 Å². The van der Waals surface area contributed by atoms with Crippen LogP contribution in [0.15, 0.2) is 22.7 Å². The van der Waals surface area contributed by atoms with E-state index in [4.69, 9.17) is 16.3 Å². The zero-order chi connectivity index (χ0) is 14.5. The molecule has 1 amide bonds. The van der Waals surface area contributed by atoms with Crippen molar-refractivity contribution in [1.82, 2.24) is 5.32 Å². The number of carbonyl (C=O) groups is 1. The van der Waals surface area contributed by atoms with Crippen molar-refractivity contribution >= 4 is 33.4 Å². The maximum Gasteiger partial charge on any atom is 0.252 e. The molecule has 106 valence electrons. The van der Waals surface area contributed by atoms with Crippen molar-refractivity contribution in [3.8, 4) is 5.75 Å². The van der Waals surface area contributed by atoms with Crippen molar-refractivity contribution in [2.45, 2.75) is 20.3 Å². The molecule has 0 atom stereocenters. The largest absolute Gasteiger partial charge is 0.497 e. The predicted molar refractivity (Wildman–Crippen MR) is 82.1 cm³/mol. The van der Waals surface area contributed by atoms with Gasteiger partial charge in [-0.15, -0.1) is 11.6 Å². The highest BCUT2D eigenvalue weighted by molar-refractivity contribution is 9.10. The van der Waals surface area contributed by atoms with Crippen LogP contribution in [0, 0.1) is 5.41 Å². The van der Waals surface area contributed by atoms with Crippen molar-refractivity contribution in [3.63, 3.8) is 0 Å². The summed E-state index contributed by atoms with van der Waals surface area (Å²) in [7, 11) is 1.58. The van der Waals surface area contributed by atoms with Crippen molar-refractivity contribution in [2.24, 2.45) is 5.41 Å². The number of methoxy groups -OCH3 is 1. The van der Waals surface area contributed by atoms with E-state index < -0.39 is 0 Å². The highest BCUT2D eigenvalue weighted by Crippen LogP contribution is 2.23. The summed E-state index contributed by atoms with van der Waals surface area (Å²) >= 11 is 9.12. The minimum absolute atomic E-state index is 0.0112. The number of benzene rings is 1. The third-order valence-electron chi connectivity index (χ3n) is 2.92. The second-order valence-electron chi connectivity index (χ2n) is 5.13. The summed E-state index contributed by atoms with van der Waals surface area (Å²) < 4.78 is 5.88. The van der Waals surface area contributed by atoms with E-state index in [-0.39, 0.29) is 11.3 Å². The zero-order valence-electron chi connectivity index (χ0n) is 11.4. The summed E-state index contributed by atoms with van der Waals surface area (Å²) in [5.41, 5.74) is 0.559. The molecule has 1 aromatic rings. The number of rotatable bonds is 6. The number of amides is 1. The predicted octanol–water partition coefficient (Wildman–Crippen LogP) is 3.84. The molecule has 0 bridgehead atoms. The Morgan fingerprint density at radius 2 is 2.16 bits per heavy atom. The van der Waals surface area contributed by atoms with Gasteiger partial charge in [-0.2, -0.15) is 0 Å². The Morgan fingerprint density at radius 1 is 1.47 bits per heavy atom. The molecule has 0 saturated heterocycles. The van der Waals surface area contributed by atoms with Crippen LogP contribution < -0.4 is 10.1 Å². The van der Waals surface area contributed by atoms with E-state index in [9.17, 15) is 4.79 Å². The second-order valence-corrected chi connectivity index (χ2v) is 6.36. The van der Waals surface area contributed by atoms with Crippen LogP contribution in [0.4, 0.5) is 0 Å². The average Bonchev–Trinajstić information content (AvgIpc) is 2.36. The van der Waals surface area contributed by atoms with Gasteiger partial charge in [-0.05, 0) is 46.0 Å². The SMILES string of the molecule is COc1ccc(Br)c(C(=O)NCC(C)(C)CCCl)c1. The minimum atomic E-state index is -0.117. The molecule has 0 fully saturated rings. The van der Waals surface area contributed by atoms with E-state index in [1.54, 1.807) is 25.3 Å². The lowest BCUT2D eigenvalue weighted by Gasteiger charge is -2.24. The van der Waals surface area contributed by atoms with Crippen LogP contribution in [-0.4, -0.2) is 25.4 Å². The normalized spacial score (nSPS) is 11.2. The smallest absolute Gasteiger partial charge is 0.252 e. The molecule has 1 aromatic carbocycles. The molecule has 1 N–H and O–H groups in total. The third kappa shape index (κ3) is 5.03. The van der Waals surface area contributed by atoms with E-state index in [0.717, 1.165) is 10.9 Å². The molecular formula is C14H19BrClNO2. The standard InChI is InChI=1S/C14H19BrClNO2/c1-14(2,6-7-16)9-17-13(18)11-8-10(19-3)4-5-12(11)15/h4-5,8H,6-7,9H2,1-3H3,(H,17,18). The van der Waals surface area contributed by atoms with Gasteiger partial charge in [-0.1, -0.05) is 13.8 Å². The third-order valence-corrected chi connectivity index (χ3v) is 3.80. The van der Waals surface area contributed by atoms with E-state index >= 15 is 0 Å². The Hall–Kier alpha value is -0.740. The van der Waals surface area contributed by atoms with Gasteiger partial charge in [0.1, 0.15) is 5.75 Å². The quantitative estimate of drug-likeness (QED) is 0.793. The Bertz CT molecular complexity index is 449. The highest BCUT2D eigenvalue weighted by atomic mass is 79.9. The van der Waals surface area contributed by atoms with E-state index in [1.807, 2.05) is 0 Å².